The molecule has 0 spiro atoms. The van der Waals surface area contributed by atoms with Gasteiger partial charge in [-0.2, -0.15) is 0 Å². The van der Waals surface area contributed by atoms with Crippen molar-refractivity contribution < 1.29 is 9.59 Å². The summed E-state index contributed by atoms with van der Waals surface area (Å²) in [7, 11) is 0. The molecule has 0 heterocycles. The number of rotatable bonds is 6. The molecule has 0 saturated carbocycles. The summed E-state index contributed by atoms with van der Waals surface area (Å²) < 4.78 is 0. The zero-order valence-corrected chi connectivity index (χ0v) is 12.3. The summed E-state index contributed by atoms with van der Waals surface area (Å²) in [4.78, 5) is 23.4. The van der Waals surface area contributed by atoms with E-state index in [0.717, 1.165) is 0 Å². The van der Waals surface area contributed by atoms with Crippen LogP contribution >= 0.6 is 0 Å². The fraction of sp³-hybridized carbons (Fsp3) is 0.467. The Labute approximate surface area is 119 Å². The van der Waals surface area contributed by atoms with E-state index in [4.69, 9.17) is 5.73 Å². The fourth-order valence-corrected chi connectivity index (χ4v) is 2.09. The highest BCUT2D eigenvalue weighted by Crippen LogP contribution is 2.27. The summed E-state index contributed by atoms with van der Waals surface area (Å²) >= 11 is 0. The van der Waals surface area contributed by atoms with Crippen LogP contribution < -0.4 is 16.4 Å². The van der Waals surface area contributed by atoms with Crippen molar-refractivity contribution in [2.24, 2.45) is 11.1 Å². The minimum absolute atomic E-state index is 0.0787. The van der Waals surface area contributed by atoms with Crippen LogP contribution in [-0.2, 0) is 9.59 Å². The van der Waals surface area contributed by atoms with Crippen LogP contribution in [0, 0.1) is 5.41 Å². The number of carbonyl (C=O) groups excluding carboxylic acids is 2. The quantitative estimate of drug-likeness (QED) is 0.746. The second kappa shape index (κ2) is 7.05. The van der Waals surface area contributed by atoms with Crippen LogP contribution in [0.1, 0.15) is 33.6 Å². The number of hydrogen-bond acceptors (Lipinski definition) is 3. The van der Waals surface area contributed by atoms with Crippen molar-refractivity contribution in [2.75, 3.05) is 17.2 Å². The minimum atomic E-state index is -0.538. The molecule has 0 fully saturated rings. The second-order valence-corrected chi connectivity index (χ2v) is 4.91. The van der Waals surface area contributed by atoms with Crippen molar-refractivity contribution in [3.8, 4) is 0 Å². The molecule has 0 radical (unpaired) electrons. The Morgan fingerprint density at radius 1 is 1.15 bits per heavy atom. The lowest BCUT2D eigenvalue weighted by molar-refractivity contribution is -0.125. The van der Waals surface area contributed by atoms with E-state index in [9.17, 15) is 9.59 Å². The van der Waals surface area contributed by atoms with Gasteiger partial charge in [-0.1, -0.05) is 19.9 Å². The smallest absolute Gasteiger partial charge is 0.231 e. The summed E-state index contributed by atoms with van der Waals surface area (Å²) in [6.07, 6.45) is 1.38. The Bertz CT molecular complexity index is 473. The third-order valence-corrected chi connectivity index (χ3v) is 3.67. The monoisotopic (exact) mass is 277 g/mol. The van der Waals surface area contributed by atoms with Gasteiger partial charge in [-0.3, -0.25) is 9.59 Å². The largest absolute Gasteiger partial charge is 0.329 e. The molecule has 110 valence electrons. The van der Waals surface area contributed by atoms with E-state index >= 15 is 0 Å². The SMILES string of the molecule is CCC(CC)(CN)C(=O)Nc1cccc(NC(C)=O)c1. The molecule has 0 aliphatic carbocycles. The van der Waals surface area contributed by atoms with E-state index in [0.29, 0.717) is 30.8 Å². The van der Waals surface area contributed by atoms with Crippen LogP contribution in [0.5, 0.6) is 0 Å². The van der Waals surface area contributed by atoms with Crippen molar-refractivity contribution >= 4 is 23.2 Å². The number of nitrogens with two attached hydrogens (primary N) is 1. The maximum absolute atomic E-state index is 12.4. The summed E-state index contributed by atoms with van der Waals surface area (Å²) in [6, 6.07) is 7.07. The van der Waals surface area contributed by atoms with Gasteiger partial charge in [0.15, 0.2) is 0 Å². The lowest BCUT2D eigenvalue weighted by Crippen LogP contribution is -2.41. The molecule has 1 aromatic carbocycles. The van der Waals surface area contributed by atoms with E-state index in [2.05, 4.69) is 10.6 Å². The van der Waals surface area contributed by atoms with Crippen molar-refractivity contribution in [2.45, 2.75) is 33.6 Å². The van der Waals surface area contributed by atoms with Crippen LogP contribution in [0.15, 0.2) is 24.3 Å². The Kier molecular flexibility index (Phi) is 5.70. The number of hydrogen-bond donors (Lipinski definition) is 3. The first kappa shape index (κ1) is 16.2. The normalized spacial score (nSPS) is 11.0. The predicted molar refractivity (Wildman–Crippen MR) is 81.4 cm³/mol. The lowest BCUT2D eigenvalue weighted by atomic mass is 9.81. The average Bonchev–Trinajstić information content (AvgIpc) is 2.41. The summed E-state index contributed by atoms with van der Waals surface area (Å²) in [5, 5.41) is 5.56. The Balaban J connectivity index is 2.87. The molecule has 20 heavy (non-hydrogen) atoms. The summed E-state index contributed by atoms with van der Waals surface area (Å²) in [5.41, 5.74) is 6.53. The second-order valence-electron chi connectivity index (χ2n) is 4.91. The van der Waals surface area contributed by atoms with Gasteiger partial charge in [-0.05, 0) is 31.0 Å². The van der Waals surface area contributed by atoms with E-state index < -0.39 is 5.41 Å². The van der Waals surface area contributed by atoms with E-state index in [1.165, 1.54) is 6.92 Å². The molecule has 5 nitrogen and oxygen atoms in total. The van der Waals surface area contributed by atoms with Gasteiger partial charge in [0, 0.05) is 24.8 Å². The molecule has 0 atom stereocenters. The van der Waals surface area contributed by atoms with Gasteiger partial charge < -0.3 is 16.4 Å². The van der Waals surface area contributed by atoms with Gasteiger partial charge in [0.2, 0.25) is 11.8 Å². The zero-order valence-electron chi connectivity index (χ0n) is 12.3. The molecule has 0 bridgehead atoms. The van der Waals surface area contributed by atoms with Crippen molar-refractivity contribution in [3.63, 3.8) is 0 Å². The zero-order chi connectivity index (χ0) is 15.2. The van der Waals surface area contributed by atoms with Gasteiger partial charge in [0.05, 0.1) is 5.41 Å². The molecular weight excluding hydrogens is 254 g/mol. The molecule has 0 aliphatic heterocycles. The number of amides is 2. The predicted octanol–water partition coefficient (Wildman–Crippen LogP) is 2.35. The highest BCUT2D eigenvalue weighted by molar-refractivity contribution is 5.96. The van der Waals surface area contributed by atoms with Crippen molar-refractivity contribution in [1.82, 2.24) is 0 Å². The molecule has 2 amide bonds. The average molecular weight is 277 g/mol. The molecule has 1 aromatic rings. The maximum Gasteiger partial charge on any atom is 0.231 e. The number of nitrogens with one attached hydrogen (secondary N) is 2. The van der Waals surface area contributed by atoms with Crippen LogP contribution in [0.2, 0.25) is 0 Å². The highest BCUT2D eigenvalue weighted by atomic mass is 16.2. The van der Waals surface area contributed by atoms with Crippen LogP contribution in [-0.4, -0.2) is 18.4 Å². The van der Waals surface area contributed by atoms with Crippen molar-refractivity contribution in [3.05, 3.63) is 24.3 Å². The number of anilines is 2. The lowest BCUT2D eigenvalue weighted by Gasteiger charge is -2.28. The van der Waals surface area contributed by atoms with Gasteiger partial charge in [-0.25, -0.2) is 0 Å². The van der Waals surface area contributed by atoms with E-state index in [1.54, 1.807) is 24.3 Å². The molecule has 1 rings (SSSR count). The number of carbonyl (C=O) groups is 2. The fourth-order valence-electron chi connectivity index (χ4n) is 2.09. The van der Waals surface area contributed by atoms with Crippen LogP contribution in [0.25, 0.3) is 0 Å². The van der Waals surface area contributed by atoms with E-state index in [-0.39, 0.29) is 11.8 Å². The first-order chi connectivity index (χ1) is 9.47. The van der Waals surface area contributed by atoms with Crippen molar-refractivity contribution in [1.29, 1.82) is 0 Å². The van der Waals surface area contributed by atoms with Gasteiger partial charge in [0.1, 0.15) is 0 Å². The number of benzene rings is 1. The third kappa shape index (κ3) is 3.81. The minimum Gasteiger partial charge on any atom is -0.329 e. The van der Waals surface area contributed by atoms with Gasteiger partial charge >= 0.3 is 0 Å². The molecular formula is C15H23N3O2. The third-order valence-electron chi connectivity index (χ3n) is 3.67. The maximum atomic E-state index is 12.4. The summed E-state index contributed by atoms with van der Waals surface area (Å²) in [5.74, 6) is -0.225. The molecule has 4 N–H and O–H groups in total. The topological polar surface area (TPSA) is 84.2 Å². The standard InChI is InChI=1S/C15H23N3O2/c1-4-15(5-2,10-16)14(20)18-13-8-6-7-12(9-13)17-11(3)19/h6-9H,4-5,10,16H2,1-3H3,(H,17,19)(H,18,20). The van der Waals surface area contributed by atoms with Crippen LogP contribution in [0.4, 0.5) is 11.4 Å². The first-order valence-corrected chi connectivity index (χ1v) is 6.86. The summed E-state index contributed by atoms with van der Waals surface area (Å²) in [6.45, 7) is 5.68. The van der Waals surface area contributed by atoms with Gasteiger partial charge in [0.25, 0.3) is 0 Å². The molecule has 0 saturated heterocycles. The van der Waals surface area contributed by atoms with Crippen LogP contribution in [0.3, 0.4) is 0 Å². The van der Waals surface area contributed by atoms with E-state index in [1.807, 2.05) is 13.8 Å². The Morgan fingerprint density at radius 3 is 2.15 bits per heavy atom. The Morgan fingerprint density at radius 2 is 1.70 bits per heavy atom. The Hall–Kier alpha value is -1.88. The van der Waals surface area contributed by atoms with Gasteiger partial charge in [-0.15, -0.1) is 0 Å². The first-order valence-electron chi connectivity index (χ1n) is 6.86. The molecule has 5 heteroatoms. The molecule has 0 aromatic heterocycles. The highest BCUT2D eigenvalue weighted by Gasteiger charge is 2.33. The molecule has 0 aliphatic rings. The molecule has 0 unspecified atom stereocenters.